The van der Waals surface area contributed by atoms with Gasteiger partial charge in [0.2, 0.25) is 10.0 Å². The highest BCUT2D eigenvalue weighted by molar-refractivity contribution is 9.10. The molecule has 4 nitrogen and oxygen atoms in total. The van der Waals surface area contributed by atoms with Gasteiger partial charge in [-0.25, -0.2) is 17.5 Å². The minimum absolute atomic E-state index is 0.0289. The zero-order valence-corrected chi connectivity index (χ0v) is 14.8. The van der Waals surface area contributed by atoms with Gasteiger partial charge in [0, 0.05) is 16.3 Å². The number of nitrogen functional groups attached to an aromatic ring is 1. The van der Waals surface area contributed by atoms with Crippen LogP contribution in [0.4, 0.5) is 10.1 Å². The molecular formula is C12H11BrClFN2O2S2. The van der Waals surface area contributed by atoms with Crippen LogP contribution in [0.1, 0.15) is 9.75 Å². The lowest BCUT2D eigenvalue weighted by Crippen LogP contribution is -2.24. The third-order valence-corrected chi connectivity index (χ3v) is 6.46. The summed E-state index contributed by atoms with van der Waals surface area (Å²) in [5.74, 6) is -1.03. The van der Waals surface area contributed by atoms with Crippen molar-refractivity contribution >= 4 is 54.6 Å². The van der Waals surface area contributed by atoms with Gasteiger partial charge in [-0.1, -0.05) is 11.6 Å². The number of nitrogens with one attached hydrogen (secondary N) is 1. The van der Waals surface area contributed by atoms with Crippen molar-refractivity contribution in [2.45, 2.75) is 18.4 Å². The van der Waals surface area contributed by atoms with E-state index < -0.39 is 20.7 Å². The van der Waals surface area contributed by atoms with Crippen LogP contribution >= 0.6 is 38.9 Å². The highest BCUT2D eigenvalue weighted by Crippen LogP contribution is 2.34. The Hall–Kier alpha value is -0.670. The fourth-order valence-electron chi connectivity index (χ4n) is 1.62. The van der Waals surface area contributed by atoms with Crippen molar-refractivity contribution in [1.29, 1.82) is 0 Å². The number of nitrogens with two attached hydrogens (primary N) is 1. The smallest absolute Gasteiger partial charge is 0.243 e. The van der Waals surface area contributed by atoms with E-state index in [4.69, 9.17) is 17.3 Å². The molecule has 3 N–H and O–H groups in total. The first-order valence-corrected chi connectivity index (χ1v) is 9.17. The molecule has 0 aliphatic heterocycles. The SMILES string of the molecule is Cc1ccc(CNS(=O)(=O)c2cc(Cl)c(Br)c(N)c2F)s1. The van der Waals surface area contributed by atoms with Gasteiger partial charge >= 0.3 is 0 Å². The van der Waals surface area contributed by atoms with Crippen LogP contribution < -0.4 is 10.5 Å². The highest BCUT2D eigenvalue weighted by Gasteiger charge is 2.24. The Kier molecular flexibility index (Phi) is 4.94. The molecule has 2 aromatic rings. The Morgan fingerprint density at radius 3 is 2.71 bits per heavy atom. The average molecular weight is 414 g/mol. The minimum Gasteiger partial charge on any atom is -0.395 e. The number of thiophene rings is 1. The van der Waals surface area contributed by atoms with E-state index >= 15 is 0 Å². The molecule has 0 saturated carbocycles. The number of halogens is 3. The second kappa shape index (κ2) is 6.21. The van der Waals surface area contributed by atoms with Crippen LogP contribution in [0.2, 0.25) is 5.02 Å². The summed E-state index contributed by atoms with van der Waals surface area (Å²) >= 11 is 10.3. The molecule has 0 radical (unpaired) electrons. The van der Waals surface area contributed by atoms with Gasteiger partial charge in [0.1, 0.15) is 4.90 Å². The maximum Gasteiger partial charge on any atom is 0.243 e. The first kappa shape index (κ1) is 16.7. The van der Waals surface area contributed by atoms with Gasteiger partial charge in [-0.05, 0) is 41.1 Å². The van der Waals surface area contributed by atoms with Crippen molar-refractivity contribution in [2.24, 2.45) is 0 Å². The molecule has 2 rings (SSSR count). The van der Waals surface area contributed by atoms with Crippen molar-refractivity contribution < 1.29 is 12.8 Å². The Labute approximate surface area is 139 Å². The summed E-state index contributed by atoms with van der Waals surface area (Å²) in [6, 6.07) is 4.71. The molecule has 0 spiro atoms. The van der Waals surface area contributed by atoms with Gasteiger partial charge in [-0.15, -0.1) is 11.3 Å². The quantitative estimate of drug-likeness (QED) is 0.593. The van der Waals surface area contributed by atoms with Gasteiger partial charge in [-0.2, -0.15) is 0 Å². The molecule has 0 saturated heterocycles. The van der Waals surface area contributed by atoms with Crippen LogP contribution in [0.3, 0.4) is 0 Å². The first-order valence-electron chi connectivity index (χ1n) is 5.70. The van der Waals surface area contributed by atoms with E-state index in [-0.39, 0.29) is 21.7 Å². The third-order valence-electron chi connectivity index (χ3n) is 2.68. The molecule has 0 aliphatic carbocycles. The fraction of sp³-hybridized carbons (Fsp3) is 0.167. The average Bonchev–Trinajstić information content (AvgIpc) is 2.84. The van der Waals surface area contributed by atoms with E-state index in [1.807, 2.05) is 19.1 Å². The van der Waals surface area contributed by atoms with Crippen molar-refractivity contribution in [3.05, 3.63) is 43.3 Å². The molecule has 114 valence electrons. The van der Waals surface area contributed by atoms with E-state index in [0.717, 1.165) is 15.8 Å². The second-order valence-electron chi connectivity index (χ2n) is 4.24. The summed E-state index contributed by atoms with van der Waals surface area (Å²) < 4.78 is 40.9. The van der Waals surface area contributed by atoms with Gasteiger partial charge < -0.3 is 5.73 Å². The molecule has 9 heteroatoms. The minimum atomic E-state index is -4.05. The summed E-state index contributed by atoms with van der Waals surface area (Å²) in [6.07, 6.45) is 0. The van der Waals surface area contributed by atoms with Crippen LogP contribution in [-0.4, -0.2) is 8.42 Å². The topological polar surface area (TPSA) is 72.2 Å². The number of hydrogen-bond donors (Lipinski definition) is 2. The fourth-order valence-corrected chi connectivity index (χ4v) is 4.22. The number of sulfonamides is 1. The highest BCUT2D eigenvalue weighted by atomic mass is 79.9. The molecule has 0 aliphatic rings. The molecule has 1 heterocycles. The monoisotopic (exact) mass is 412 g/mol. The lowest BCUT2D eigenvalue weighted by atomic mass is 10.3. The molecule has 0 atom stereocenters. The maximum absolute atomic E-state index is 14.0. The molecular weight excluding hydrogens is 403 g/mol. The molecule has 0 fully saturated rings. The molecule has 0 amide bonds. The number of anilines is 1. The van der Waals surface area contributed by atoms with Gasteiger partial charge in [0.05, 0.1) is 15.2 Å². The van der Waals surface area contributed by atoms with Crippen molar-refractivity contribution in [2.75, 3.05) is 5.73 Å². The maximum atomic E-state index is 14.0. The Morgan fingerprint density at radius 2 is 2.14 bits per heavy atom. The first-order chi connectivity index (χ1) is 9.72. The third kappa shape index (κ3) is 3.57. The van der Waals surface area contributed by atoms with E-state index in [0.29, 0.717) is 0 Å². The van der Waals surface area contributed by atoms with Gasteiger partial charge in [-0.3, -0.25) is 0 Å². The zero-order chi connectivity index (χ0) is 15.8. The lowest BCUT2D eigenvalue weighted by molar-refractivity contribution is 0.558. The van der Waals surface area contributed by atoms with Crippen LogP contribution in [0.15, 0.2) is 27.6 Å². The molecule has 21 heavy (non-hydrogen) atoms. The number of benzene rings is 1. The van der Waals surface area contributed by atoms with Crippen LogP contribution in [0, 0.1) is 12.7 Å². The zero-order valence-electron chi connectivity index (χ0n) is 10.8. The van der Waals surface area contributed by atoms with E-state index in [1.165, 1.54) is 11.3 Å². The molecule has 0 unspecified atom stereocenters. The Morgan fingerprint density at radius 1 is 1.48 bits per heavy atom. The van der Waals surface area contributed by atoms with Gasteiger partial charge in [0.25, 0.3) is 0 Å². The standard InChI is InChI=1S/C12H11BrClFN2O2S2/c1-6-2-3-7(20-6)5-17-21(18,19)9-4-8(14)10(13)12(16)11(9)15/h2-4,17H,5,16H2,1H3. The predicted molar refractivity (Wildman–Crippen MR) is 86.6 cm³/mol. The Balaban J connectivity index is 2.32. The van der Waals surface area contributed by atoms with Gasteiger partial charge in [0.15, 0.2) is 5.82 Å². The summed E-state index contributed by atoms with van der Waals surface area (Å²) in [5, 5.41) is 0.0289. The largest absolute Gasteiger partial charge is 0.395 e. The van der Waals surface area contributed by atoms with Crippen LogP contribution in [-0.2, 0) is 16.6 Å². The lowest BCUT2D eigenvalue weighted by Gasteiger charge is -2.10. The number of hydrogen-bond acceptors (Lipinski definition) is 4. The summed E-state index contributed by atoms with van der Waals surface area (Å²) in [6.45, 7) is 1.99. The summed E-state index contributed by atoms with van der Waals surface area (Å²) in [4.78, 5) is 1.32. The molecule has 1 aromatic heterocycles. The summed E-state index contributed by atoms with van der Waals surface area (Å²) in [7, 11) is -4.05. The van der Waals surface area contributed by atoms with E-state index in [1.54, 1.807) is 0 Å². The van der Waals surface area contributed by atoms with Crippen molar-refractivity contribution in [1.82, 2.24) is 4.72 Å². The van der Waals surface area contributed by atoms with E-state index in [9.17, 15) is 12.8 Å². The Bertz CT molecular complexity index is 793. The van der Waals surface area contributed by atoms with Crippen LogP contribution in [0.5, 0.6) is 0 Å². The number of rotatable bonds is 4. The number of aryl methyl sites for hydroxylation is 1. The van der Waals surface area contributed by atoms with Crippen molar-refractivity contribution in [3.63, 3.8) is 0 Å². The second-order valence-corrected chi connectivity index (χ2v) is 8.54. The summed E-state index contributed by atoms with van der Waals surface area (Å²) in [5.41, 5.74) is 5.16. The van der Waals surface area contributed by atoms with Crippen LogP contribution in [0.25, 0.3) is 0 Å². The normalized spacial score (nSPS) is 11.8. The molecule has 0 bridgehead atoms. The van der Waals surface area contributed by atoms with E-state index in [2.05, 4.69) is 20.7 Å². The molecule has 1 aromatic carbocycles. The predicted octanol–water partition coefficient (Wildman–Crippen LogP) is 3.67. The van der Waals surface area contributed by atoms with Crippen molar-refractivity contribution in [3.8, 4) is 0 Å².